The van der Waals surface area contributed by atoms with Crippen LogP contribution >= 0.6 is 0 Å². The van der Waals surface area contributed by atoms with E-state index in [9.17, 15) is 0 Å². The van der Waals surface area contributed by atoms with Crippen LogP contribution in [0.15, 0.2) is 47.7 Å². The van der Waals surface area contributed by atoms with Gasteiger partial charge in [-0.15, -0.1) is 0 Å². The van der Waals surface area contributed by atoms with Gasteiger partial charge in [0.1, 0.15) is 0 Å². The highest BCUT2D eigenvalue weighted by Crippen LogP contribution is 2.34. The fourth-order valence-corrected chi connectivity index (χ4v) is 4.51. The molecule has 1 atom stereocenters. The van der Waals surface area contributed by atoms with Gasteiger partial charge in [-0.2, -0.15) is 0 Å². The van der Waals surface area contributed by atoms with Crippen LogP contribution in [0.5, 0.6) is 0 Å². The molecule has 0 radical (unpaired) electrons. The van der Waals surface area contributed by atoms with Gasteiger partial charge in [0, 0.05) is 6.10 Å². The van der Waals surface area contributed by atoms with Crippen molar-refractivity contribution in [2.24, 2.45) is 0 Å². The van der Waals surface area contributed by atoms with E-state index in [-0.39, 0.29) is 0 Å². The van der Waals surface area contributed by atoms with Gasteiger partial charge in [-0.3, -0.25) is 0 Å². The second-order valence-electron chi connectivity index (χ2n) is 5.20. The Kier molecular flexibility index (Phi) is 3.36. The molecule has 1 aromatic carbocycles. The summed E-state index contributed by atoms with van der Waals surface area (Å²) in [6, 6.07) is 10.5. The molecular formula is C15H20OSi. The molecule has 1 aromatic rings. The standard InChI is InChI=1S/C15H20OSi/c1-12-10-15(13(2)17(3,4)16-12)11-14-8-6-5-7-9-14/h5-9,11-12H,2,10H2,1,3-4H3/b15-11-. The van der Waals surface area contributed by atoms with Crippen LogP contribution in [0.1, 0.15) is 18.9 Å². The molecule has 0 amide bonds. The minimum atomic E-state index is -1.74. The normalized spacial score (nSPS) is 26.2. The molecule has 0 N–H and O–H groups in total. The molecule has 90 valence electrons. The molecule has 1 unspecified atom stereocenters. The van der Waals surface area contributed by atoms with Crippen LogP contribution in [0.4, 0.5) is 0 Å². The summed E-state index contributed by atoms with van der Waals surface area (Å²) < 4.78 is 6.05. The Morgan fingerprint density at radius 1 is 1.29 bits per heavy atom. The average molecular weight is 244 g/mol. The summed E-state index contributed by atoms with van der Waals surface area (Å²) in [5.41, 5.74) is 2.62. The molecule has 0 aromatic heterocycles. The topological polar surface area (TPSA) is 9.23 Å². The SMILES string of the molecule is C=C1/C(=C\c2ccccc2)CC(C)O[Si]1(C)C. The Balaban J connectivity index is 2.32. The predicted molar refractivity (Wildman–Crippen MR) is 76.2 cm³/mol. The molecule has 17 heavy (non-hydrogen) atoms. The van der Waals surface area contributed by atoms with Crippen LogP contribution in [-0.2, 0) is 4.43 Å². The van der Waals surface area contributed by atoms with Gasteiger partial charge in [0.05, 0.1) is 0 Å². The number of rotatable bonds is 1. The third kappa shape index (κ3) is 2.76. The monoisotopic (exact) mass is 244 g/mol. The second-order valence-corrected chi connectivity index (χ2v) is 9.06. The van der Waals surface area contributed by atoms with Gasteiger partial charge in [0.2, 0.25) is 8.32 Å². The van der Waals surface area contributed by atoms with E-state index in [4.69, 9.17) is 4.43 Å². The maximum absolute atomic E-state index is 6.05. The number of hydrogen-bond donors (Lipinski definition) is 0. The molecule has 1 saturated heterocycles. The fraction of sp³-hybridized carbons (Fsp3) is 0.333. The smallest absolute Gasteiger partial charge is 0.218 e. The van der Waals surface area contributed by atoms with Crippen molar-refractivity contribution in [1.82, 2.24) is 0 Å². The first-order valence-corrected chi connectivity index (χ1v) is 9.03. The molecule has 0 aliphatic carbocycles. The third-order valence-electron chi connectivity index (χ3n) is 3.26. The predicted octanol–water partition coefficient (Wildman–Crippen LogP) is 4.18. The van der Waals surface area contributed by atoms with Gasteiger partial charge in [-0.25, -0.2) is 0 Å². The molecular weight excluding hydrogens is 224 g/mol. The molecule has 0 spiro atoms. The lowest BCUT2D eigenvalue weighted by Crippen LogP contribution is -2.42. The van der Waals surface area contributed by atoms with E-state index >= 15 is 0 Å². The van der Waals surface area contributed by atoms with Crippen LogP contribution in [-0.4, -0.2) is 14.4 Å². The average Bonchev–Trinajstić information content (AvgIpc) is 2.26. The van der Waals surface area contributed by atoms with Crippen molar-refractivity contribution in [3.05, 3.63) is 53.2 Å². The summed E-state index contributed by atoms with van der Waals surface area (Å²) >= 11 is 0. The molecule has 0 saturated carbocycles. The zero-order valence-electron chi connectivity index (χ0n) is 10.9. The van der Waals surface area contributed by atoms with Crippen molar-refractivity contribution in [2.45, 2.75) is 32.5 Å². The van der Waals surface area contributed by atoms with Crippen molar-refractivity contribution in [2.75, 3.05) is 0 Å². The maximum atomic E-state index is 6.05. The first-order valence-electron chi connectivity index (χ1n) is 6.12. The Bertz CT molecular complexity index is 445. The van der Waals surface area contributed by atoms with Crippen LogP contribution in [0.2, 0.25) is 13.1 Å². The summed E-state index contributed by atoms with van der Waals surface area (Å²) in [6.07, 6.45) is 3.55. The zero-order chi connectivity index (χ0) is 12.5. The third-order valence-corrected chi connectivity index (χ3v) is 6.02. The lowest BCUT2D eigenvalue weighted by Gasteiger charge is -2.36. The van der Waals surface area contributed by atoms with Crippen molar-refractivity contribution < 1.29 is 4.43 Å². The van der Waals surface area contributed by atoms with Gasteiger partial charge in [-0.1, -0.05) is 43.0 Å². The van der Waals surface area contributed by atoms with Crippen molar-refractivity contribution >= 4 is 14.4 Å². The quantitative estimate of drug-likeness (QED) is 0.673. The number of allylic oxidation sites excluding steroid dienone is 1. The van der Waals surface area contributed by atoms with Gasteiger partial charge in [0.25, 0.3) is 0 Å². The lowest BCUT2D eigenvalue weighted by atomic mass is 10.1. The minimum Gasteiger partial charge on any atom is -0.410 e. The van der Waals surface area contributed by atoms with E-state index in [1.54, 1.807) is 0 Å². The van der Waals surface area contributed by atoms with Gasteiger partial charge in [0.15, 0.2) is 0 Å². The largest absolute Gasteiger partial charge is 0.410 e. The van der Waals surface area contributed by atoms with Crippen LogP contribution in [0.3, 0.4) is 0 Å². The van der Waals surface area contributed by atoms with Crippen LogP contribution < -0.4 is 0 Å². The molecule has 2 heteroatoms. The van der Waals surface area contributed by atoms with E-state index in [1.165, 1.54) is 16.3 Å². The number of benzene rings is 1. The highest BCUT2D eigenvalue weighted by molar-refractivity contribution is 6.79. The van der Waals surface area contributed by atoms with E-state index in [2.05, 4.69) is 56.9 Å². The van der Waals surface area contributed by atoms with E-state index in [0.717, 1.165) is 6.42 Å². The van der Waals surface area contributed by atoms with Crippen LogP contribution in [0, 0.1) is 0 Å². The van der Waals surface area contributed by atoms with Crippen molar-refractivity contribution in [3.8, 4) is 0 Å². The Morgan fingerprint density at radius 2 is 1.94 bits per heavy atom. The van der Waals surface area contributed by atoms with Crippen LogP contribution in [0.25, 0.3) is 6.08 Å². The first-order chi connectivity index (χ1) is 7.99. The molecule has 2 rings (SSSR count). The molecule has 0 bridgehead atoms. The maximum Gasteiger partial charge on any atom is 0.218 e. The Hall–Kier alpha value is -1.12. The number of hydrogen-bond acceptors (Lipinski definition) is 1. The fourth-order valence-electron chi connectivity index (χ4n) is 2.33. The molecule has 1 aliphatic heterocycles. The minimum absolute atomic E-state index is 0.317. The highest BCUT2D eigenvalue weighted by atomic mass is 28.4. The zero-order valence-corrected chi connectivity index (χ0v) is 11.9. The first kappa shape index (κ1) is 12.3. The second kappa shape index (κ2) is 4.63. The molecule has 1 fully saturated rings. The van der Waals surface area contributed by atoms with Crippen molar-refractivity contribution in [3.63, 3.8) is 0 Å². The van der Waals surface area contributed by atoms with E-state index in [0.29, 0.717) is 6.10 Å². The summed E-state index contributed by atoms with van der Waals surface area (Å²) in [5, 5.41) is 1.24. The summed E-state index contributed by atoms with van der Waals surface area (Å²) in [6.45, 7) is 10.9. The van der Waals surface area contributed by atoms with Gasteiger partial charge in [-0.05, 0) is 42.8 Å². The van der Waals surface area contributed by atoms with Crippen molar-refractivity contribution in [1.29, 1.82) is 0 Å². The summed E-state index contributed by atoms with van der Waals surface area (Å²) in [7, 11) is -1.74. The summed E-state index contributed by atoms with van der Waals surface area (Å²) in [4.78, 5) is 0. The molecule has 1 nitrogen and oxygen atoms in total. The lowest BCUT2D eigenvalue weighted by molar-refractivity contribution is 0.207. The van der Waals surface area contributed by atoms with Gasteiger partial charge < -0.3 is 4.43 Å². The molecule has 1 heterocycles. The van der Waals surface area contributed by atoms with Gasteiger partial charge >= 0.3 is 0 Å². The van der Waals surface area contributed by atoms with E-state index in [1.807, 2.05) is 6.07 Å². The Morgan fingerprint density at radius 3 is 2.59 bits per heavy atom. The summed E-state index contributed by atoms with van der Waals surface area (Å²) in [5.74, 6) is 0. The molecule has 1 aliphatic rings. The van der Waals surface area contributed by atoms with E-state index < -0.39 is 8.32 Å². The highest BCUT2D eigenvalue weighted by Gasteiger charge is 2.35. The Labute approximate surface area is 105 Å².